The number of nitrogens with zero attached hydrogens (tertiary/aromatic N) is 3. The lowest BCUT2D eigenvalue weighted by molar-refractivity contribution is -0.131. The minimum absolute atomic E-state index is 0.0249. The topological polar surface area (TPSA) is 158 Å². The first kappa shape index (κ1) is 19.1. The van der Waals surface area contributed by atoms with E-state index in [1.54, 1.807) is 0 Å². The number of benzene rings is 1. The lowest BCUT2D eigenvalue weighted by atomic mass is 10.2. The first-order chi connectivity index (χ1) is 13.5. The van der Waals surface area contributed by atoms with Crippen LogP contribution in [0.1, 0.15) is 5.82 Å². The SMILES string of the molecule is NCC(=O)NCCn1c(CO/C=C\C(=O)O)nc2c(N)nc3ccccc3c21. The second-order valence-electron chi connectivity index (χ2n) is 5.90. The van der Waals surface area contributed by atoms with Gasteiger partial charge in [-0.25, -0.2) is 14.8 Å². The van der Waals surface area contributed by atoms with Crippen LogP contribution in [0, 0.1) is 0 Å². The molecule has 0 bridgehead atoms. The molecule has 3 aromatic rings. The molecule has 0 spiro atoms. The molecule has 1 amide bonds. The van der Waals surface area contributed by atoms with E-state index >= 15 is 0 Å². The number of rotatable bonds is 8. The summed E-state index contributed by atoms with van der Waals surface area (Å²) in [5, 5.41) is 12.2. The highest BCUT2D eigenvalue weighted by Crippen LogP contribution is 2.28. The summed E-state index contributed by atoms with van der Waals surface area (Å²) in [6.45, 7) is 0.657. The Kier molecular flexibility index (Phi) is 5.70. The van der Waals surface area contributed by atoms with Gasteiger partial charge in [-0.15, -0.1) is 0 Å². The Hall–Kier alpha value is -3.66. The number of para-hydroxylation sites is 1. The normalized spacial score (nSPS) is 11.3. The standard InChI is InChI=1S/C18H20N6O4/c19-9-14(25)21-6-7-24-13(10-28-8-5-15(26)27)23-16-17(24)11-3-1-2-4-12(11)22-18(16)20/h1-5,8H,6-7,9-10,19H2,(H2,20,22)(H,21,25)(H,26,27)/b8-5-. The molecule has 0 saturated carbocycles. The molecule has 0 fully saturated rings. The van der Waals surface area contributed by atoms with Crippen molar-refractivity contribution in [1.29, 1.82) is 0 Å². The molecule has 0 aliphatic carbocycles. The predicted molar refractivity (Wildman–Crippen MR) is 103 cm³/mol. The summed E-state index contributed by atoms with van der Waals surface area (Å²) in [5.74, 6) is -0.576. The van der Waals surface area contributed by atoms with E-state index < -0.39 is 5.97 Å². The minimum Gasteiger partial charge on any atom is -0.493 e. The van der Waals surface area contributed by atoms with Crippen molar-refractivity contribution in [3.05, 3.63) is 42.4 Å². The number of ether oxygens (including phenoxy) is 1. The lowest BCUT2D eigenvalue weighted by Crippen LogP contribution is -2.32. The van der Waals surface area contributed by atoms with E-state index in [1.165, 1.54) is 0 Å². The maximum Gasteiger partial charge on any atom is 0.331 e. The zero-order valence-electron chi connectivity index (χ0n) is 15.0. The van der Waals surface area contributed by atoms with E-state index in [-0.39, 0.29) is 24.9 Å². The molecule has 10 nitrogen and oxygen atoms in total. The minimum atomic E-state index is -1.11. The largest absolute Gasteiger partial charge is 0.493 e. The number of hydrogen-bond donors (Lipinski definition) is 4. The van der Waals surface area contributed by atoms with Gasteiger partial charge in [-0.1, -0.05) is 18.2 Å². The predicted octanol–water partition coefficient (Wildman–Crippen LogP) is 0.357. The van der Waals surface area contributed by atoms with Gasteiger partial charge < -0.3 is 31.2 Å². The summed E-state index contributed by atoms with van der Waals surface area (Å²) in [5.41, 5.74) is 13.4. The first-order valence-corrected chi connectivity index (χ1v) is 8.52. The number of fused-ring (bicyclic) bond motifs is 3. The Morgan fingerprint density at radius 3 is 2.82 bits per heavy atom. The molecule has 0 unspecified atom stereocenters. The molecule has 2 heterocycles. The summed E-state index contributed by atoms with van der Waals surface area (Å²) in [7, 11) is 0. The molecule has 28 heavy (non-hydrogen) atoms. The summed E-state index contributed by atoms with van der Waals surface area (Å²) < 4.78 is 7.16. The molecule has 0 saturated heterocycles. The van der Waals surface area contributed by atoms with E-state index in [4.69, 9.17) is 21.3 Å². The fourth-order valence-corrected chi connectivity index (χ4v) is 2.86. The second kappa shape index (κ2) is 8.35. The third-order valence-corrected chi connectivity index (χ3v) is 4.05. The third kappa shape index (κ3) is 4.01. The molecule has 1 aromatic carbocycles. The van der Waals surface area contributed by atoms with Gasteiger partial charge in [0.1, 0.15) is 17.9 Å². The fourth-order valence-electron chi connectivity index (χ4n) is 2.86. The zero-order chi connectivity index (χ0) is 20.1. The van der Waals surface area contributed by atoms with Crippen LogP contribution >= 0.6 is 0 Å². The Balaban J connectivity index is 2.03. The van der Waals surface area contributed by atoms with Crippen LogP contribution in [-0.4, -0.2) is 44.6 Å². The molecule has 10 heteroatoms. The Morgan fingerprint density at radius 1 is 1.29 bits per heavy atom. The number of amides is 1. The average Bonchev–Trinajstić information content (AvgIpc) is 3.04. The van der Waals surface area contributed by atoms with Gasteiger partial charge in [0.15, 0.2) is 5.82 Å². The number of nitrogens with two attached hydrogens (primary N) is 2. The summed E-state index contributed by atoms with van der Waals surface area (Å²) in [6.07, 6.45) is 1.97. The van der Waals surface area contributed by atoms with Crippen LogP contribution in [0.3, 0.4) is 0 Å². The summed E-state index contributed by atoms with van der Waals surface area (Å²) in [4.78, 5) is 30.9. The van der Waals surface area contributed by atoms with Crippen LogP contribution in [0.2, 0.25) is 0 Å². The molecular formula is C18H20N6O4. The Bertz CT molecular complexity index is 1060. The number of carbonyl (C=O) groups excluding carboxylic acids is 1. The number of nitrogens with one attached hydrogen (secondary N) is 1. The number of nitrogen functional groups attached to an aromatic ring is 1. The average molecular weight is 384 g/mol. The van der Waals surface area contributed by atoms with E-state index in [0.717, 1.165) is 28.8 Å². The van der Waals surface area contributed by atoms with Gasteiger partial charge in [-0.2, -0.15) is 0 Å². The van der Waals surface area contributed by atoms with Crippen molar-refractivity contribution in [2.75, 3.05) is 18.8 Å². The summed E-state index contributed by atoms with van der Waals surface area (Å²) >= 11 is 0. The van der Waals surface area contributed by atoms with Gasteiger partial charge in [-0.05, 0) is 6.07 Å². The van der Waals surface area contributed by atoms with Crippen molar-refractivity contribution in [3.63, 3.8) is 0 Å². The maximum absolute atomic E-state index is 11.4. The van der Waals surface area contributed by atoms with Gasteiger partial charge in [0.05, 0.1) is 29.9 Å². The third-order valence-electron chi connectivity index (χ3n) is 4.05. The van der Waals surface area contributed by atoms with E-state index in [9.17, 15) is 9.59 Å². The quantitative estimate of drug-likeness (QED) is 0.320. The van der Waals surface area contributed by atoms with Crippen LogP contribution < -0.4 is 16.8 Å². The first-order valence-electron chi connectivity index (χ1n) is 8.52. The number of anilines is 1. The molecule has 0 radical (unpaired) electrons. The molecule has 0 aliphatic heterocycles. The molecule has 0 atom stereocenters. The number of carboxylic acids is 1. The van der Waals surface area contributed by atoms with Crippen LogP contribution in [0.5, 0.6) is 0 Å². The van der Waals surface area contributed by atoms with Crippen LogP contribution in [0.15, 0.2) is 36.6 Å². The van der Waals surface area contributed by atoms with Crippen molar-refractivity contribution in [1.82, 2.24) is 19.9 Å². The fraction of sp³-hybridized carbons (Fsp3) is 0.222. The van der Waals surface area contributed by atoms with Crippen molar-refractivity contribution in [2.24, 2.45) is 5.73 Å². The number of imidazole rings is 1. The lowest BCUT2D eigenvalue weighted by Gasteiger charge is -2.11. The van der Waals surface area contributed by atoms with Crippen molar-refractivity contribution in [3.8, 4) is 0 Å². The number of pyridine rings is 1. The number of carbonyl (C=O) groups is 2. The molecule has 3 rings (SSSR count). The summed E-state index contributed by atoms with van der Waals surface area (Å²) in [6, 6.07) is 7.52. The van der Waals surface area contributed by atoms with E-state index in [0.29, 0.717) is 24.4 Å². The smallest absolute Gasteiger partial charge is 0.331 e. The van der Waals surface area contributed by atoms with Gasteiger partial charge in [0.2, 0.25) is 5.91 Å². The van der Waals surface area contributed by atoms with Gasteiger partial charge >= 0.3 is 5.97 Å². The molecule has 6 N–H and O–H groups in total. The number of aliphatic carboxylic acids is 1. The van der Waals surface area contributed by atoms with Crippen molar-refractivity contribution < 1.29 is 19.4 Å². The highest BCUT2D eigenvalue weighted by Gasteiger charge is 2.17. The Morgan fingerprint density at radius 2 is 2.07 bits per heavy atom. The Labute approximate surface area is 159 Å². The van der Waals surface area contributed by atoms with Gasteiger partial charge in [0.25, 0.3) is 0 Å². The maximum atomic E-state index is 11.4. The van der Waals surface area contributed by atoms with Crippen molar-refractivity contribution in [2.45, 2.75) is 13.2 Å². The molecule has 146 valence electrons. The number of hydrogen-bond acceptors (Lipinski definition) is 7. The molecule has 0 aliphatic rings. The van der Waals surface area contributed by atoms with Gasteiger partial charge in [0, 0.05) is 18.5 Å². The van der Waals surface area contributed by atoms with E-state index in [1.807, 2.05) is 28.8 Å². The van der Waals surface area contributed by atoms with Crippen LogP contribution in [-0.2, 0) is 27.5 Å². The highest BCUT2D eigenvalue weighted by atomic mass is 16.5. The van der Waals surface area contributed by atoms with Crippen LogP contribution in [0.4, 0.5) is 5.82 Å². The molecular weight excluding hydrogens is 364 g/mol. The van der Waals surface area contributed by atoms with Crippen LogP contribution in [0.25, 0.3) is 21.9 Å². The highest BCUT2D eigenvalue weighted by molar-refractivity contribution is 6.06. The van der Waals surface area contributed by atoms with E-state index in [2.05, 4.69) is 15.3 Å². The monoisotopic (exact) mass is 384 g/mol. The molecule has 2 aromatic heterocycles. The van der Waals surface area contributed by atoms with Gasteiger partial charge in [-0.3, -0.25) is 4.79 Å². The second-order valence-corrected chi connectivity index (χ2v) is 5.90. The number of carboxylic acid groups (broad SMARTS) is 1. The zero-order valence-corrected chi connectivity index (χ0v) is 15.0. The number of aromatic nitrogens is 3. The van der Waals surface area contributed by atoms with Crippen molar-refractivity contribution >= 4 is 39.6 Å².